The molecule has 0 saturated heterocycles. The Morgan fingerprint density at radius 1 is 1.50 bits per heavy atom. The third kappa shape index (κ3) is 1.81. The van der Waals surface area contributed by atoms with Crippen LogP contribution in [0.25, 0.3) is 11.0 Å². The maximum atomic E-state index is 13.1. The summed E-state index contributed by atoms with van der Waals surface area (Å²) in [5.74, 6) is -0.549. The zero-order valence-electron chi connectivity index (χ0n) is 8.48. The van der Waals surface area contributed by atoms with Crippen LogP contribution in [0.4, 0.5) is 10.3 Å². The van der Waals surface area contributed by atoms with Crippen LogP contribution in [0.2, 0.25) is 0 Å². The summed E-state index contributed by atoms with van der Waals surface area (Å²) in [7, 11) is 0. The third-order valence-corrected chi connectivity index (χ3v) is 2.32. The van der Waals surface area contributed by atoms with E-state index in [1.54, 1.807) is 10.6 Å². The minimum atomic E-state index is -0.433. The number of imidazole rings is 1. The number of nitrogen functional groups attached to an aromatic ring is 1. The number of hydrogen-bond acceptors (Lipinski definition) is 3. The zero-order valence-corrected chi connectivity index (χ0v) is 8.48. The Hall–Kier alpha value is -2.11. The molecule has 16 heavy (non-hydrogen) atoms. The summed E-state index contributed by atoms with van der Waals surface area (Å²) in [4.78, 5) is 14.7. The molecule has 0 aliphatic carbocycles. The molecule has 0 bridgehead atoms. The van der Waals surface area contributed by atoms with Crippen molar-refractivity contribution in [3.63, 3.8) is 0 Å². The third-order valence-electron chi connectivity index (χ3n) is 2.32. The van der Waals surface area contributed by atoms with Gasteiger partial charge in [0.1, 0.15) is 5.82 Å². The van der Waals surface area contributed by atoms with Gasteiger partial charge in [0, 0.05) is 13.0 Å². The summed E-state index contributed by atoms with van der Waals surface area (Å²) in [5.41, 5.74) is 11.9. The Kier molecular flexibility index (Phi) is 2.47. The highest BCUT2D eigenvalue weighted by molar-refractivity contribution is 5.79. The first kappa shape index (κ1) is 10.4. The van der Waals surface area contributed by atoms with Crippen LogP contribution in [0.5, 0.6) is 0 Å². The first-order chi connectivity index (χ1) is 7.58. The summed E-state index contributed by atoms with van der Waals surface area (Å²) in [6.07, 6.45) is 0.145. The van der Waals surface area contributed by atoms with Gasteiger partial charge in [-0.2, -0.15) is 0 Å². The van der Waals surface area contributed by atoms with E-state index in [0.29, 0.717) is 17.6 Å². The number of halogens is 1. The van der Waals surface area contributed by atoms with Crippen molar-refractivity contribution in [3.05, 3.63) is 24.0 Å². The van der Waals surface area contributed by atoms with Crippen molar-refractivity contribution in [2.24, 2.45) is 5.73 Å². The molecule has 0 atom stereocenters. The molecular weight excluding hydrogens is 211 g/mol. The number of amides is 1. The van der Waals surface area contributed by atoms with Gasteiger partial charge in [0.05, 0.1) is 11.0 Å². The second-order valence-corrected chi connectivity index (χ2v) is 3.47. The van der Waals surface area contributed by atoms with Crippen LogP contribution in [0.3, 0.4) is 0 Å². The van der Waals surface area contributed by atoms with Gasteiger partial charge in [-0.15, -0.1) is 0 Å². The van der Waals surface area contributed by atoms with E-state index in [1.807, 2.05) is 0 Å². The Bertz CT molecular complexity index is 549. The van der Waals surface area contributed by atoms with E-state index in [-0.39, 0.29) is 18.2 Å². The molecule has 0 saturated carbocycles. The number of carbonyl (C=O) groups excluding carboxylic acids is 1. The predicted molar refractivity (Wildman–Crippen MR) is 57.9 cm³/mol. The summed E-state index contributed by atoms with van der Waals surface area (Å²) < 4.78 is 14.6. The van der Waals surface area contributed by atoms with Crippen LogP contribution in [0.1, 0.15) is 6.42 Å². The van der Waals surface area contributed by atoms with E-state index in [2.05, 4.69) is 4.98 Å². The Labute approximate surface area is 90.9 Å². The van der Waals surface area contributed by atoms with Crippen LogP contribution in [0, 0.1) is 5.82 Å². The summed E-state index contributed by atoms with van der Waals surface area (Å²) >= 11 is 0. The average molecular weight is 222 g/mol. The molecule has 6 heteroatoms. The highest BCUT2D eigenvalue weighted by Crippen LogP contribution is 2.19. The van der Waals surface area contributed by atoms with Crippen LogP contribution in [-0.2, 0) is 11.3 Å². The van der Waals surface area contributed by atoms with Crippen molar-refractivity contribution in [2.75, 3.05) is 5.73 Å². The monoisotopic (exact) mass is 222 g/mol. The molecule has 0 aliphatic heterocycles. The molecule has 1 aromatic heterocycles. The van der Waals surface area contributed by atoms with Gasteiger partial charge in [-0.25, -0.2) is 9.37 Å². The molecule has 0 unspecified atom stereocenters. The van der Waals surface area contributed by atoms with E-state index in [9.17, 15) is 9.18 Å². The van der Waals surface area contributed by atoms with Crippen molar-refractivity contribution in [1.82, 2.24) is 9.55 Å². The molecular formula is C10H11FN4O. The molecule has 84 valence electrons. The summed E-state index contributed by atoms with van der Waals surface area (Å²) in [5, 5.41) is 0. The van der Waals surface area contributed by atoms with Crippen LogP contribution in [0.15, 0.2) is 18.2 Å². The highest BCUT2D eigenvalue weighted by Gasteiger charge is 2.09. The molecule has 0 radical (unpaired) electrons. The predicted octanol–water partition coefficient (Wildman–Crippen LogP) is 0.633. The molecule has 0 spiro atoms. The van der Waals surface area contributed by atoms with Gasteiger partial charge in [0.25, 0.3) is 0 Å². The molecule has 4 N–H and O–H groups in total. The quantitative estimate of drug-likeness (QED) is 0.798. The van der Waals surface area contributed by atoms with E-state index < -0.39 is 5.91 Å². The van der Waals surface area contributed by atoms with E-state index in [4.69, 9.17) is 11.5 Å². The van der Waals surface area contributed by atoms with Crippen molar-refractivity contribution in [3.8, 4) is 0 Å². The lowest BCUT2D eigenvalue weighted by Gasteiger charge is -2.04. The zero-order chi connectivity index (χ0) is 11.7. The number of rotatable bonds is 3. The Morgan fingerprint density at radius 2 is 2.25 bits per heavy atom. The fraction of sp³-hybridized carbons (Fsp3) is 0.200. The Morgan fingerprint density at radius 3 is 2.94 bits per heavy atom. The highest BCUT2D eigenvalue weighted by atomic mass is 19.1. The summed E-state index contributed by atoms with van der Waals surface area (Å²) in [6, 6.07) is 4.19. The van der Waals surface area contributed by atoms with Gasteiger partial charge in [0.2, 0.25) is 11.9 Å². The largest absolute Gasteiger partial charge is 0.370 e. The number of aromatic nitrogens is 2. The normalized spacial score (nSPS) is 10.8. The molecule has 0 aliphatic rings. The maximum Gasteiger partial charge on any atom is 0.219 e. The molecule has 1 aromatic carbocycles. The standard InChI is InChI=1S/C10H11FN4O/c11-6-1-2-7-8(5-6)15(10(13)14-7)4-3-9(12)16/h1-2,5H,3-4H2,(H2,12,16)(H2,13,14). The molecule has 2 rings (SSSR count). The molecule has 1 amide bonds. The van der Waals surface area contributed by atoms with Gasteiger partial charge in [-0.1, -0.05) is 0 Å². The first-order valence-electron chi connectivity index (χ1n) is 4.77. The van der Waals surface area contributed by atoms with E-state index in [1.165, 1.54) is 12.1 Å². The first-order valence-corrected chi connectivity index (χ1v) is 4.77. The number of carbonyl (C=O) groups is 1. The SMILES string of the molecule is NC(=O)CCn1c(N)nc2ccc(F)cc21. The number of nitrogens with zero attached hydrogens (tertiary/aromatic N) is 2. The number of fused-ring (bicyclic) bond motifs is 1. The number of benzene rings is 1. The van der Waals surface area contributed by atoms with Gasteiger partial charge in [-0.3, -0.25) is 4.79 Å². The smallest absolute Gasteiger partial charge is 0.219 e. The number of primary amides is 1. The van der Waals surface area contributed by atoms with Crippen molar-refractivity contribution < 1.29 is 9.18 Å². The molecule has 2 aromatic rings. The number of nitrogens with two attached hydrogens (primary N) is 2. The molecule has 1 heterocycles. The van der Waals surface area contributed by atoms with Gasteiger partial charge in [0.15, 0.2) is 0 Å². The maximum absolute atomic E-state index is 13.1. The topological polar surface area (TPSA) is 86.9 Å². The lowest BCUT2D eigenvalue weighted by Crippen LogP contribution is -2.14. The minimum Gasteiger partial charge on any atom is -0.370 e. The fourth-order valence-corrected chi connectivity index (χ4v) is 1.57. The lowest BCUT2D eigenvalue weighted by atomic mass is 10.3. The second kappa shape index (κ2) is 3.80. The molecule has 5 nitrogen and oxygen atoms in total. The van der Waals surface area contributed by atoms with Gasteiger partial charge >= 0.3 is 0 Å². The summed E-state index contributed by atoms with van der Waals surface area (Å²) in [6.45, 7) is 0.307. The number of hydrogen-bond donors (Lipinski definition) is 2. The van der Waals surface area contributed by atoms with Crippen molar-refractivity contribution in [2.45, 2.75) is 13.0 Å². The van der Waals surface area contributed by atoms with Gasteiger partial charge < -0.3 is 16.0 Å². The van der Waals surface area contributed by atoms with Gasteiger partial charge in [-0.05, 0) is 18.2 Å². The average Bonchev–Trinajstić information content (AvgIpc) is 2.51. The number of aryl methyl sites for hydroxylation is 1. The van der Waals surface area contributed by atoms with Crippen LogP contribution >= 0.6 is 0 Å². The number of anilines is 1. The van der Waals surface area contributed by atoms with Crippen LogP contribution < -0.4 is 11.5 Å². The second-order valence-electron chi connectivity index (χ2n) is 3.47. The molecule has 0 fully saturated rings. The minimum absolute atomic E-state index is 0.145. The Balaban J connectivity index is 2.45. The van der Waals surface area contributed by atoms with Crippen molar-refractivity contribution >= 4 is 22.9 Å². The lowest BCUT2D eigenvalue weighted by molar-refractivity contribution is -0.118. The van der Waals surface area contributed by atoms with Crippen LogP contribution in [-0.4, -0.2) is 15.5 Å². The fourth-order valence-electron chi connectivity index (χ4n) is 1.57. The van der Waals surface area contributed by atoms with E-state index >= 15 is 0 Å². The van der Waals surface area contributed by atoms with E-state index in [0.717, 1.165) is 0 Å². The van der Waals surface area contributed by atoms with Crippen molar-refractivity contribution in [1.29, 1.82) is 0 Å².